The Morgan fingerprint density at radius 1 is 0.861 bits per heavy atom. The maximum atomic E-state index is 13.0. The third-order valence-corrected chi connectivity index (χ3v) is 8.87. The standard InChI is InChI=1S/C25H49N4O6P/c1-15(2)20(26)23(31)28-22(17(5)6)25(33)29-21(16(3)4)24(32)27-12-19(30)14-36(34,35)13-18-10-8-7-9-11-18/h15-22,30H,7-14,26H2,1-6H3,(H,27,32)(H,28,31)(H,29,33)(H,34,35)/t19-,20+,21+,22+/m1/s1. The molecule has 0 saturated heterocycles. The Balaban J connectivity index is 2.68. The smallest absolute Gasteiger partial charge is 0.243 e. The van der Waals surface area contributed by atoms with Crippen molar-refractivity contribution in [3.63, 3.8) is 0 Å². The molecule has 11 heteroatoms. The third-order valence-electron chi connectivity index (χ3n) is 6.79. The van der Waals surface area contributed by atoms with Crippen molar-refractivity contribution in [1.29, 1.82) is 0 Å². The van der Waals surface area contributed by atoms with Crippen LogP contribution in [0.4, 0.5) is 0 Å². The van der Waals surface area contributed by atoms with Crippen molar-refractivity contribution in [2.75, 3.05) is 18.9 Å². The van der Waals surface area contributed by atoms with Crippen molar-refractivity contribution < 1.29 is 28.9 Å². The highest BCUT2D eigenvalue weighted by molar-refractivity contribution is 7.58. The molecule has 36 heavy (non-hydrogen) atoms. The molecular formula is C25H49N4O6P. The maximum absolute atomic E-state index is 13.0. The lowest BCUT2D eigenvalue weighted by Crippen LogP contribution is -2.59. The second-order valence-corrected chi connectivity index (χ2v) is 13.8. The minimum Gasteiger partial charge on any atom is -0.391 e. The number of nitrogens with two attached hydrogens (primary N) is 1. The fourth-order valence-corrected chi connectivity index (χ4v) is 6.54. The summed E-state index contributed by atoms with van der Waals surface area (Å²) in [5.41, 5.74) is 5.90. The lowest BCUT2D eigenvalue weighted by atomic mass is 9.91. The van der Waals surface area contributed by atoms with Crippen LogP contribution < -0.4 is 21.7 Å². The molecule has 7 N–H and O–H groups in total. The van der Waals surface area contributed by atoms with Gasteiger partial charge in [-0.05, 0) is 36.5 Å². The van der Waals surface area contributed by atoms with E-state index < -0.39 is 49.3 Å². The highest BCUT2D eigenvalue weighted by Crippen LogP contribution is 2.45. The fourth-order valence-electron chi connectivity index (χ4n) is 4.44. The van der Waals surface area contributed by atoms with Crippen LogP contribution in [0.3, 0.4) is 0 Å². The van der Waals surface area contributed by atoms with Crippen LogP contribution >= 0.6 is 7.37 Å². The summed E-state index contributed by atoms with van der Waals surface area (Å²) in [5.74, 6) is -1.85. The van der Waals surface area contributed by atoms with Crippen molar-refractivity contribution in [3.05, 3.63) is 0 Å². The molecule has 0 heterocycles. The van der Waals surface area contributed by atoms with E-state index in [2.05, 4.69) is 16.0 Å². The molecule has 1 aliphatic carbocycles. The number of carbonyl (C=O) groups is 3. The second kappa shape index (κ2) is 15.1. The van der Waals surface area contributed by atoms with Gasteiger partial charge in [0.25, 0.3) is 0 Å². The molecule has 1 unspecified atom stereocenters. The number of amides is 3. The van der Waals surface area contributed by atoms with E-state index in [0.717, 1.165) is 32.1 Å². The van der Waals surface area contributed by atoms with E-state index in [1.54, 1.807) is 27.7 Å². The summed E-state index contributed by atoms with van der Waals surface area (Å²) in [6.45, 7) is 10.5. The van der Waals surface area contributed by atoms with Gasteiger partial charge in [-0.25, -0.2) is 0 Å². The molecule has 0 spiro atoms. The maximum Gasteiger partial charge on any atom is 0.243 e. The van der Waals surface area contributed by atoms with Crippen LogP contribution in [0.2, 0.25) is 0 Å². The summed E-state index contributed by atoms with van der Waals surface area (Å²) in [7, 11) is -3.52. The van der Waals surface area contributed by atoms with E-state index in [4.69, 9.17) is 5.73 Å². The second-order valence-electron chi connectivity index (χ2n) is 11.3. The summed E-state index contributed by atoms with van der Waals surface area (Å²) < 4.78 is 12.6. The van der Waals surface area contributed by atoms with Gasteiger partial charge < -0.3 is 31.7 Å². The molecule has 0 aromatic rings. The van der Waals surface area contributed by atoms with Gasteiger partial charge in [-0.2, -0.15) is 0 Å². The first-order valence-corrected chi connectivity index (χ1v) is 15.3. The van der Waals surface area contributed by atoms with E-state index in [-0.39, 0.29) is 42.5 Å². The molecule has 0 radical (unpaired) electrons. The summed E-state index contributed by atoms with van der Waals surface area (Å²) >= 11 is 0. The van der Waals surface area contributed by atoms with Crippen LogP contribution in [0.25, 0.3) is 0 Å². The van der Waals surface area contributed by atoms with Crippen molar-refractivity contribution in [2.24, 2.45) is 29.4 Å². The minimum atomic E-state index is -3.52. The first kappa shape index (κ1) is 32.5. The van der Waals surface area contributed by atoms with Gasteiger partial charge in [0.1, 0.15) is 12.1 Å². The van der Waals surface area contributed by atoms with Crippen molar-refractivity contribution >= 4 is 25.1 Å². The lowest BCUT2D eigenvalue weighted by molar-refractivity contribution is -0.134. The molecule has 10 nitrogen and oxygen atoms in total. The number of nitrogens with one attached hydrogen (secondary N) is 3. The summed E-state index contributed by atoms with van der Waals surface area (Å²) in [4.78, 5) is 48.6. The van der Waals surface area contributed by atoms with Crippen LogP contribution in [0.5, 0.6) is 0 Å². The highest BCUT2D eigenvalue weighted by Gasteiger charge is 2.33. The molecule has 0 aromatic carbocycles. The Bertz CT molecular complexity index is 770. The molecule has 1 saturated carbocycles. The van der Waals surface area contributed by atoms with E-state index in [1.807, 2.05) is 13.8 Å². The third kappa shape index (κ3) is 11.3. The highest BCUT2D eigenvalue weighted by atomic mass is 31.2. The van der Waals surface area contributed by atoms with E-state index in [1.165, 1.54) is 0 Å². The van der Waals surface area contributed by atoms with E-state index >= 15 is 0 Å². The van der Waals surface area contributed by atoms with E-state index in [9.17, 15) is 28.9 Å². The molecule has 0 aliphatic heterocycles. The van der Waals surface area contributed by atoms with Crippen LogP contribution in [-0.2, 0) is 18.9 Å². The minimum absolute atomic E-state index is 0.0987. The molecule has 3 amide bonds. The van der Waals surface area contributed by atoms with Gasteiger partial charge in [0.2, 0.25) is 25.1 Å². The summed E-state index contributed by atoms with van der Waals surface area (Å²) in [6, 6.07) is -2.54. The van der Waals surface area contributed by atoms with Crippen molar-refractivity contribution in [1.82, 2.24) is 16.0 Å². The Labute approximate surface area is 216 Å². The molecule has 1 rings (SSSR count). The van der Waals surface area contributed by atoms with Gasteiger partial charge in [-0.3, -0.25) is 18.9 Å². The predicted octanol–water partition coefficient (Wildman–Crippen LogP) is 1.58. The number of aliphatic hydroxyl groups is 1. The molecule has 1 fully saturated rings. The number of aliphatic hydroxyl groups excluding tert-OH is 1. The molecule has 0 aromatic heterocycles. The fraction of sp³-hybridized carbons (Fsp3) is 0.880. The Hall–Kier alpha value is -1.48. The van der Waals surface area contributed by atoms with Crippen LogP contribution in [0, 0.1) is 23.7 Å². The van der Waals surface area contributed by atoms with Gasteiger partial charge in [-0.15, -0.1) is 0 Å². The molecule has 210 valence electrons. The molecule has 0 bridgehead atoms. The monoisotopic (exact) mass is 532 g/mol. The number of carbonyl (C=O) groups excluding carboxylic acids is 3. The first-order chi connectivity index (χ1) is 16.6. The Kier molecular flexibility index (Phi) is 13.6. The topological polar surface area (TPSA) is 171 Å². The predicted molar refractivity (Wildman–Crippen MR) is 142 cm³/mol. The van der Waals surface area contributed by atoms with Gasteiger partial charge >= 0.3 is 0 Å². The van der Waals surface area contributed by atoms with Crippen LogP contribution in [0.15, 0.2) is 0 Å². The van der Waals surface area contributed by atoms with Crippen LogP contribution in [-0.4, -0.2) is 70.8 Å². The molecule has 1 aliphatic rings. The molecule has 5 atom stereocenters. The van der Waals surface area contributed by atoms with Gasteiger partial charge in [0.05, 0.1) is 18.3 Å². The van der Waals surface area contributed by atoms with Gasteiger partial charge in [0, 0.05) is 12.7 Å². The van der Waals surface area contributed by atoms with Crippen LogP contribution in [0.1, 0.15) is 73.6 Å². The van der Waals surface area contributed by atoms with Gasteiger partial charge in [-0.1, -0.05) is 60.8 Å². The zero-order valence-electron chi connectivity index (χ0n) is 22.8. The largest absolute Gasteiger partial charge is 0.391 e. The van der Waals surface area contributed by atoms with Gasteiger partial charge in [0.15, 0.2) is 0 Å². The Morgan fingerprint density at radius 3 is 1.86 bits per heavy atom. The average molecular weight is 533 g/mol. The number of hydrogen-bond acceptors (Lipinski definition) is 6. The van der Waals surface area contributed by atoms with Crippen molar-refractivity contribution in [2.45, 2.75) is 97.9 Å². The number of hydrogen-bond donors (Lipinski definition) is 6. The molecular weight excluding hydrogens is 483 g/mol. The van der Waals surface area contributed by atoms with Crippen molar-refractivity contribution in [3.8, 4) is 0 Å². The quantitative estimate of drug-likeness (QED) is 0.184. The van der Waals surface area contributed by atoms with E-state index in [0.29, 0.717) is 0 Å². The lowest BCUT2D eigenvalue weighted by Gasteiger charge is -2.28. The zero-order valence-corrected chi connectivity index (χ0v) is 23.7. The normalized spacial score (nSPS) is 19.9. The first-order valence-electron chi connectivity index (χ1n) is 13.3. The SMILES string of the molecule is CC(C)[C@H](N)C(=O)N[C@H](C(=O)N[C@H](C(=O)NC[C@@H](O)CP(=O)(O)CC1CCCCC1)C(C)C)C(C)C. The average Bonchev–Trinajstić information content (AvgIpc) is 2.77. The zero-order chi connectivity index (χ0) is 27.6. The Morgan fingerprint density at radius 2 is 1.36 bits per heavy atom. The summed E-state index contributed by atoms with van der Waals surface area (Å²) in [6.07, 6.45) is 3.92. The number of rotatable bonds is 14. The summed E-state index contributed by atoms with van der Waals surface area (Å²) in [5, 5.41) is 18.3.